The Bertz CT molecular complexity index is 487. The lowest BCUT2D eigenvalue weighted by atomic mass is 9.89. The van der Waals surface area contributed by atoms with Gasteiger partial charge in [0.15, 0.2) is 0 Å². The van der Waals surface area contributed by atoms with Crippen LogP contribution in [0.1, 0.15) is 95.2 Å². The maximum Gasteiger partial charge on any atom is 0.238 e. The summed E-state index contributed by atoms with van der Waals surface area (Å²) in [6.07, 6.45) is 12.0. The van der Waals surface area contributed by atoms with Crippen LogP contribution in [0.15, 0.2) is 12.1 Å². The van der Waals surface area contributed by atoms with Gasteiger partial charge in [0.1, 0.15) is 5.75 Å². The fourth-order valence-corrected chi connectivity index (χ4v) is 6.78. The van der Waals surface area contributed by atoms with Crippen LogP contribution in [-0.2, 0) is 0 Å². The highest BCUT2D eigenvalue weighted by atomic mass is 28.3. The number of aryl methyl sites for hydroxylation is 2. The van der Waals surface area contributed by atoms with E-state index in [2.05, 4.69) is 60.2 Å². The van der Waals surface area contributed by atoms with Gasteiger partial charge in [0, 0.05) is 0 Å². The van der Waals surface area contributed by atoms with Crippen LogP contribution in [0.5, 0.6) is 5.75 Å². The molecule has 0 aliphatic heterocycles. The summed E-state index contributed by atoms with van der Waals surface area (Å²) < 4.78 is 6.85. The number of benzene rings is 1. The molecule has 0 spiro atoms. The molecule has 25 heavy (non-hydrogen) atoms. The first kappa shape index (κ1) is 22.3. The van der Waals surface area contributed by atoms with Crippen LogP contribution in [0.25, 0.3) is 0 Å². The summed E-state index contributed by atoms with van der Waals surface area (Å²) in [6, 6.07) is 4.45. The van der Waals surface area contributed by atoms with Crippen molar-refractivity contribution in [3.8, 4) is 5.75 Å². The minimum absolute atomic E-state index is 0.463. The third-order valence-corrected chi connectivity index (χ3v) is 9.30. The third kappa shape index (κ3) is 6.16. The molecule has 0 saturated carbocycles. The fourth-order valence-electron chi connectivity index (χ4n) is 3.98. The van der Waals surface area contributed by atoms with Crippen molar-refractivity contribution in [3.63, 3.8) is 0 Å². The van der Waals surface area contributed by atoms with Gasteiger partial charge >= 0.3 is 0 Å². The molecule has 1 aromatic carbocycles. The van der Waals surface area contributed by atoms with E-state index in [1.165, 1.54) is 80.2 Å². The molecule has 0 radical (unpaired) electrons. The van der Waals surface area contributed by atoms with Crippen LogP contribution in [-0.4, -0.2) is 9.04 Å². The van der Waals surface area contributed by atoms with Crippen molar-refractivity contribution in [1.82, 2.24) is 0 Å². The van der Waals surface area contributed by atoms with Crippen LogP contribution in [0, 0.1) is 20.8 Å². The Morgan fingerprint density at radius 2 is 1.24 bits per heavy atom. The molecule has 0 heterocycles. The van der Waals surface area contributed by atoms with Crippen molar-refractivity contribution < 1.29 is 4.43 Å². The molecule has 2 heteroatoms. The Morgan fingerprint density at radius 3 is 1.68 bits per heavy atom. The minimum Gasteiger partial charge on any atom is -0.546 e. The maximum absolute atomic E-state index is 6.85. The fraction of sp³-hybridized carbons (Fsp3) is 0.739. The lowest BCUT2D eigenvalue weighted by Gasteiger charge is -2.39. The molecule has 1 aromatic rings. The predicted octanol–water partition coefficient (Wildman–Crippen LogP) is 7.66. The average molecular weight is 363 g/mol. The van der Waals surface area contributed by atoms with E-state index in [0.29, 0.717) is 5.04 Å². The zero-order valence-corrected chi connectivity index (χ0v) is 19.2. The molecule has 0 fully saturated rings. The maximum atomic E-state index is 6.85. The molecule has 0 N–H and O–H groups in total. The number of hydrogen-bond donors (Lipinski definition) is 0. The molecule has 0 bridgehead atoms. The van der Waals surface area contributed by atoms with Crippen LogP contribution < -0.4 is 4.43 Å². The topological polar surface area (TPSA) is 9.23 Å². The van der Waals surface area contributed by atoms with Gasteiger partial charge in [0.25, 0.3) is 0 Å². The average Bonchev–Trinajstić information content (AvgIpc) is 2.61. The summed E-state index contributed by atoms with van der Waals surface area (Å²) in [5.74, 6) is 1.19. The Morgan fingerprint density at radius 1 is 0.800 bits per heavy atom. The molecule has 144 valence electrons. The van der Waals surface area contributed by atoms with Crippen molar-refractivity contribution in [3.05, 3.63) is 28.8 Å². The Kier molecular flexibility index (Phi) is 9.85. The van der Waals surface area contributed by atoms with Gasteiger partial charge in [-0.1, -0.05) is 71.4 Å². The molecule has 0 saturated heterocycles. The molecular weight excluding hydrogens is 320 g/mol. The summed E-state index contributed by atoms with van der Waals surface area (Å²) >= 11 is 0. The number of hydrogen-bond acceptors (Lipinski definition) is 1. The zero-order valence-electron chi connectivity index (χ0n) is 18.0. The van der Waals surface area contributed by atoms with Gasteiger partial charge in [-0.25, -0.2) is 0 Å². The van der Waals surface area contributed by atoms with Gasteiger partial charge in [-0.3, -0.25) is 0 Å². The highest BCUT2D eigenvalue weighted by Crippen LogP contribution is 2.47. The first-order chi connectivity index (χ1) is 11.9. The first-order valence-electron chi connectivity index (χ1n) is 10.6. The molecule has 0 aliphatic rings. The molecule has 1 rings (SSSR count). The molecule has 1 nitrogen and oxygen atoms in total. The van der Waals surface area contributed by atoms with Crippen LogP contribution in [0.2, 0.25) is 11.6 Å². The molecule has 1 atom stereocenters. The summed E-state index contributed by atoms with van der Waals surface area (Å²) in [5.41, 5.74) is 4.00. The molecular formula is C23H42OSi. The quantitative estimate of drug-likeness (QED) is 0.347. The van der Waals surface area contributed by atoms with Crippen molar-refractivity contribution in [1.29, 1.82) is 0 Å². The summed E-state index contributed by atoms with van der Waals surface area (Å²) in [5, 5.41) is 0.463. The van der Waals surface area contributed by atoms with Crippen LogP contribution >= 0.6 is 0 Å². The van der Waals surface area contributed by atoms with E-state index in [1.54, 1.807) is 0 Å². The summed E-state index contributed by atoms with van der Waals surface area (Å²) in [6.45, 7) is 16.1. The Hall–Kier alpha value is -0.763. The van der Waals surface area contributed by atoms with Gasteiger partial charge in [0.05, 0.1) is 0 Å². The highest BCUT2D eigenvalue weighted by Gasteiger charge is 2.38. The Labute approximate surface area is 159 Å². The van der Waals surface area contributed by atoms with E-state index < -0.39 is 9.04 Å². The lowest BCUT2D eigenvalue weighted by Crippen LogP contribution is -2.36. The molecule has 0 aliphatic carbocycles. The predicted molar refractivity (Wildman–Crippen MR) is 116 cm³/mol. The van der Waals surface area contributed by atoms with Gasteiger partial charge in [0.2, 0.25) is 9.04 Å². The van der Waals surface area contributed by atoms with Crippen molar-refractivity contribution in [2.75, 3.05) is 0 Å². The monoisotopic (exact) mass is 362 g/mol. The third-order valence-electron chi connectivity index (χ3n) is 6.12. The molecule has 0 aromatic heterocycles. The number of unbranched alkanes of at least 4 members (excludes halogenated alkanes) is 3. The van der Waals surface area contributed by atoms with E-state index in [0.717, 1.165) is 0 Å². The highest BCUT2D eigenvalue weighted by molar-refractivity contribution is 6.55. The largest absolute Gasteiger partial charge is 0.546 e. The van der Waals surface area contributed by atoms with E-state index in [1.807, 2.05) is 0 Å². The normalized spacial score (nSPS) is 13.1. The minimum atomic E-state index is -1.35. The van der Waals surface area contributed by atoms with E-state index >= 15 is 0 Å². The first-order valence-corrected chi connectivity index (χ1v) is 12.9. The van der Waals surface area contributed by atoms with Gasteiger partial charge in [-0.05, 0) is 68.3 Å². The lowest BCUT2D eigenvalue weighted by molar-refractivity contribution is 0.356. The van der Waals surface area contributed by atoms with Gasteiger partial charge in [-0.15, -0.1) is 0 Å². The number of rotatable bonds is 12. The van der Waals surface area contributed by atoms with Crippen LogP contribution in [0.3, 0.4) is 0 Å². The Balaban J connectivity index is 3.11. The van der Waals surface area contributed by atoms with Crippen molar-refractivity contribution in [2.45, 2.75) is 111 Å². The second kappa shape index (κ2) is 11.1. The summed E-state index contributed by atoms with van der Waals surface area (Å²) in [7, 11) is -1.35. The van der Waals surface area contributed by atoms with Gasteiger partial charge < -0.3 is 4.43 Å². The summed E-state index contributed by atoms with van der Waals surface area (Å²) in [4.78, 5) is 0. The van der Waals surface area contributed by atoms with E-state index in [9.17, 15) is 0 Å². The van der Waals surface area contributed by atoms with E-state index in [4.69, 9.17) is 4.43 Å². The van der Waals surface area contributed by atoms with Crippen molar-refractivity contribution in [2.24, 2.45) is 0 Å². The zero-order chi connectivity index (χ0) is 18.9. The second-order valence-corrected chi connectivity index (χ2v) is 10.8. The molecule has 1 unspecified atom stereocenters. The second-order valence-electron chi connectivity index (χ2n) is 8.09. The van der Waals surface area contributed by atoms with Crippen LogP contribution in [0.4, 0.5) is 0 Å². The smallest absolute Gasteiger partial charge is 0.238 e. The standard InChI is InChI=1S/C23H42OSi/c1-8-11-16-23(17-12-9-2,18-13-10-3)25(7)24-22-20(5)15-14-19(4)21(22)6/h14-15,25H,8-13,16-18H2,1-7H3. The van der Waals surface area contributed by atoms with E-state index in [-0.39, 0.29) is 0 Å². The SMILES string of the molecule is CCCCC(CCCC)(CCCC)[SiH](C)Oc1c(C)ccc(C)c1C. The van der Waals surface area contributed by atoms with Gasteiger partial charge in [-0.2, -0.15) is 0 Å². The molecule has 0 amide bonds. The van der Waals surface area contributed by atoms with Crippen molar-refractivity contribution >= 4 is 9.04 Å².